The van der Waals surface area contributed by atoms with Crippen LogP contribution in [-0.4, -0.2) is 62.9 Å². The van der Waals surface area contributed by atoms with E-state index in [1.807, 2.05) is 4.90 Å². The molecule has 8 heteroatoms. The molecule has 4 rings (SSSR count). The molecule has 6 nitrogen and oxygen atoms in total. The SMILES string of the molecule is O=C(c1cc(S(=O)(=O)NC2CC2)ccc1Br)N1CCCC(CN2CCCCC2)C1. The molecule has 3 aliphatic rings. The van der Waals surface area contributed by atoms with E-state index in [1.54, 1.807) is 12.1 Å². The number of rotatable bonds is 6. The highest BCUT2D eigenvalue weighted by Crippen LogP contribution is 2.27. The number of amides is 1. The molecule has 0 radical (unpaired) electrons. The lowest BCUT2D eigenvalue weighted by molar-refractivity contribution is 0.0630. The van der Waals surface area contributed by atoms with Gasteiger partial charge < -0.3 is 9.80 Å². The zero-order valence-electron chi connectivity index (χ0n) is 16.8. The van der Waals surface area contributed by atoms with Crippen molar-refractivity contribution in [1.29, 1.82) is 0 Å². The van der Waals surface area contributed by atoms with Gasteiger partial charge >= 0.3 is 0 Å². The molecular weight excluding hydrogens is 454 g/mol. The fraction of sp³-hybridized carbons (Fsp3) is 0.667. The smallest absolute Gasteiger partial charge is 0.255 e. The summed E-state index contributed by atoms with van der Waals surface area (Å²) in [5.74, 6) is 0.414. The van der Waals surface area contributed by atoms with Crippen LogP contribution in [-0.2, 0) is 10.0 Å². The fourth-order valence-electron chi connectivity index (χ4n) is 4.40. The first kappa shape index (κ1) is 21.3. The summed E-state index contributed by atoms with van der Waals surface area (Å²) in [6, 6.07) is 4.79. The maximum Gasteiger partial charge on any atom is 0.255 e. The quantitative estimate of drug-likeness (QED) is 0.673. The standard InChI is InChI=1S/C21H30BrN3O3S/c22-20-9-8-18(29(27,28)23-17-6-7-17)13-19(20)21(26)25-12-4-5-16(15-25)14-24-10-2-1-3-11-24/h8-9,13,16-17,23H,1-7,10-12,14-15H2. The zero-order chi connectivity index (χ0) is 20.4. The van der Waals surface area contributed by atoms with Crippen LogP contribution in [0.15, 0.2) is 27.6 Å². The Morgan fingerprint density at radius 1 is 1.07 bits per heavy atom. The van der Waals surface area contributed by atoms with E-state index in [-0.39, 0.29) is 16.8 Å². The fourth-order valence-corrected chi connectivity index (χ4v) is 6.15. The number of hydrogen-bond donors (Lipinski definition) is 1. The second kappa shape index (κ2) is 9.04. The van der Waals surface area contributed by atoms with Gasteiger partial charge in [-0.3, -0.25) is 4.79 Å². The minimum Gasteiger partial charge on any atom is -0.338 e. The lowest BCUT2D eigenvalue weighted by atomic mass is 9.96. The summed E-state index contributed by atoms with van der Waals surface area (Å²) in [7, 11) is -3.58. The van der Waals surface area contributed by atoms with Crippen molar-refractivity contribution in [2.75, 3.05) is 32.7 Å². The van der Waals surface area contributed by atoms with Crippen molar-refractivity contribution in [1.82, 2.24) is 14.5 Å². The van der Waals surface area contributed by atoms with Crippen molar-refractivity contribution in [3.63, 3.8) is 0 Å². The number of piperidine rings is 2. The molecular formula is C21H30BrN3O3S. The third-order valence-electron chi connectivity index (χ3n) is 6.15. The Bertz CT molecular complexity index is 851. The van der Waals surface area contributed by atoms with Crippen LogP contribution in [0.25, 0.3) is 0 Å². The van der Waals surface area contributed by atoms with Gasteiger partial charge in [0.05, 0.1) is 10.5 Å². The Balaban J connectivity index is 1.45. The van der Waals surface area contributed by atoms with E-state index in [0.29, 0.717) is 16.0 Å². The van der Waals surface area contributed by atoms with Gasteiger partial charge in [-0.1, -0.05) is 6.42 Å². The van der Waals surface area contributed by atoms with E-state index < -0.39 is 10.0 Å². The van der Waals surface area contributed by atoms with Crippen LogP contribution >= 0.6 is 15.9 Å². The number of sulfonamides is 1. The number of hydrogen-bond acceptors (Lipinski definition) is 4. The highest BCUT2D eigenvalue weighted by Gasteiger charge is 2.30. The van der Waals surface area contributed by atoms with Gasteiger partial charge in [-0.05, 0) is 91.7 Å². The second-order valence-electron chi connectivity index (χ2n) is 8.66. The molecule has 3 fully saturated rings. The molecule has 1 aromatic carbocycles. The molecule has 2 aliphatic heterocycles. The Kier molecular flexibility index (Phi) is 6.63. The first-order chi connectivity index (χ1) is 13.9. The molecule has 1 saturated carbocycles. The van der Waals surface area contributed by atoms with E-state index in [9.17, 15) is 13.2 Å². The number of benzene rings is 1. The molecule has 1 amide bonds. The van der Waals surface area contributed by atoms with Gasteiger partial charge in [-0.15, -0.1) is 0 Å². The van der Waals surface area contributed by atoms with Crippen LogP contribution < -0.4 is 4.72 Å². The normalized spacial score (nSPS) is 23.9. The van der Waals surface area contributed by atoms with Crippen LogP contribution in [0.2, 0.25) is 0 Å². The highest BCUT2D eigenvalue weighted by atomic mass is 79.9. The van der Waals surface area contributed by atoms with E-state index >= 15 is 0 Å². The molecule has 0 spiro atoms. The maximum absolute atomic E-state index is 13.2. The molecule has 1 atom stereocenters. The number of halogens is 1. The number of nitrogens with zero attached hydrogens (tertiary/aromatic N) is 2. The van der Waals surface area contributed by atoms with E-state index in [4.69, 9.17) is 0 Å². The summed E-state index contributed by atoms with van der Waals surface area (Å²) in [5.41, 5.74) is 0.433. The summed E-state index contributed by atoms with van der Waals surface area (Å²) in [5, 5.41) is 0. The largest absolute Gasteiger partial charge is 0.338 e. The number of carbonyl (C=O) groups is 1. The van der Waals surface area contributed by atoms with Crippen molar-refractivity contribution < 1.29 is 13.2 Å². The summed E-state index contributed by atoms with van der Waals surface area (Å²) in [4.78, 5) is 17.8. The van der Waals surface area contributed by atoms with Crippen molar-refractivity contribution >= 4 is 31.9 Å². The summed E-state index contributed by atoms with van der Waals surface area (Å²) >= 11 is 3.45. The van der Waals surface area contributed by atoms with Gasteiger partial charge in [0.25, 0.3) is 5.91 Å². The molecule has 1 aromatic rings. The molecule has 0 bridgehead atoms. The summed E-state index contributed by atoms with van der Waals surface area (Å²) in [6.45, 7) is 4.89. The summed E-state index contributed by atoms with van der Waals surface area (Å²) < 4.78 is 28.5. The van der Waals surface area contributed by atoms with Gasteiger partial charge in [0.2, 0.25) is 10.0 Å². The van der Waals surface area contributed by atoms with Crippen LogP contribution in [0.5, 0.6) is 0 Å². The molecule has 29 heavy (non-hydrogen) atoms. The molecule has 1 unspecified atom stereocenters. The zero-order valence-corrected chi connectivity index (χ0v) is 19.2. The van der Waals surface area contributed by atoms with Gasteiger partial charge in [0.1, 0.15) is 0 Å². The Morgan fingerprint density at radius 3 is 2.55 bits per heavy atom. The van der Waals surface area contributed by atoms with Crippen molar-refractivity contribution in [2.45, 2.75) is 55.9 Å². The Hall–Kier alpha value is -0.960. The average molecular weight is 484 g/mol. The number of nitrogens with one attached hydrogen (secondary N) is 1. The van der Waals surface area contributed by atoms with Crippen LogP contribution in [0, 0.1) is 5.92 Å². The average Bonchev–Trinajstić information content (AvgIpc) is 3.52. The summed E-state index contributed by atoms with van der Waals surface area (Å²) in [6.07, 6.45) is 7.80. The van der Waals surface area contributed by atoms with Gasteiger partial charge in [0.15, 0.2) is 0 Å². The number of likely N-dealkylation sites (tertiary alicyclic amines) is 2. The van der Waals surface area contributed by atoms with Crippen molar-refractivity contribution in [3.8, 4) is 0 Å². The minimum absolute atomic E-state index is 0.0421. The first-order valence-electron chi connectivity index (χ1n) is 10.8. The first-order valence-corrected chi connectivity index (χ1v) is 13.0. The van der Waals surface area contributed by atoms with Crippen molar-refractivity contribution in [3.05, 3.63) is 28.2 Å². The topological polar surface area (TPSA) is 69.7 Å². The second-order valence-corrected chi connectivity index (χ2v) is 11.2. The Labute approximate surface area is 182 Å². The van der Waals surface area contributed by atoms with E-state index in [2.05, 4.69) is 25.6 Å². The van der Waals surface area contributed by atoms with E-state index in [0.717, 1.165) is 45.3 Å². The maximum atomic E-state index is 13.2. The van der Waals surface area contributed by atoms with Crippen LogP contribution in [0.4, 0.5) is 0 Å². The number of carbonyl (C=O) groups excluding carboxylic acids is 1. The third kappa shape index (κ3) is 5.40. The van der Waals surface area contributed by atoms with Gasteiger partial charge in [-0.25, -0.2) is 13.1 Å². The predicted molar refractivity (Wildman–Crippen MR) is 116 cm³/mol. The molecule has 1 N–H and O–H groups in total. The molecule has 2 saturated heterocycles. The molecule has 2 heterocycles. The lowest BCUT2D eigenvalue weighted by Gasteiger charge is -2.37. The van der Waals surface area contributed by atoms with Crippen molar-refractivity contribution in [2.24, 2.45) is 5.92 Å². The Morgan fingerprint density at radius 2 is 1.83 bits per heavy atom. The van der Waals surface area contributed by atoms with Crippen LogP contribution in [0.3, 0.4) is 0 Å². The van der Waals surface area contributed by atoms with Gasteiger partial charge in [0, 0.05) is 30.1 Å². The monoisotopic (exact) mass is 483 g/mol. The van der Waals surface area contributed by atoms with Gasteiger partial charge in [-0.2, -0.15) is 0 Å². The third-order valence-corrected chi connectivity index (χ3v) is 8.36. The minimum atomic E-state index is -3.58. The van der Waals surface area contributed by atoms with E-state index in [1.165, 1.54) is 38.4 Å². The predicted octanol–water partition coefficient (Wildman–Crippen LogP) is 3.23. The molecule has 0 aromatic heterocycles. The highest BCUT2D eigenvalue weighted by molar-refractivity contribution is 9.10. The van der Waals surface area contributed by atoms with Crippen LogP contribution in [0.1, 0.15) is 55.3 Å². The lowest BCUT2D eigenvalue weighted by Crippen LogP contribution is -2.44. The molecule has 160 valence electrons. The molecule has 1 aliphatic carbocycles.